The van der Waals surface area contributed by atoms with Crippen LogP contribution in [0.25, 0.3) is 0 Å². The number of nitrogens with zero attached hydrogens (tertiary/aromatic N) is 3. The van der Waals surface area contributed by atoms with Gasteiger partial charge in [0.1, 0.15) is 5.82 Å². The van der Waals surface area contributed by atoms with E-state index < -0.39 is 0 Å². The smallest absolute Gasteiger partial charge is 0.318 e. The molecule has 2 aliphatic rings. The Morgan fingerprint density at radius 2 is 2.24 bits per heavy atom. The molecule has 2 atom stereocenters. The van der Waals surface area contributed by atoms with E-state index in [1.165, 1.54) is 6.07 Å². The van der Waals surface area contributed by atoms with Crippen LogP contribution in [0.3, 0.4) is 0 Å². The largest absolute Gasteiger partial charge is 0.335 e. The molecule has 1 aliphatic carbocycles. The second-order valence-electron chi connectivity index (χ2n) is 6.99. The van der Waals surface area contributed by atoms with Crippen LogP contribution >= 0.6 is 0 Å². The third-order valence-electron chi connectivity index (χ3n) is 5.34. The molecule has 0 spiro atoms. The van der Waals surface area contributed by atoms with Crippen LogP contribution in [0.2, 0.25) is 0 Å². The summed E-state index contributed by atoms with van der Waals surface area (Å²) in [6.07, 6.45) is 10.3. The van der Waals surface area contributed by atoms with Gasteiger partial charge in [0.05, 0.1) is 18.4 Å². The summed E-state index contributed by atoms with van der Waals surface area (Å²) in [6, 6.07) is 5.08. The van der Waals surface area contributed by atoms with Crippen molar-refractivity contribution in [3.63, 3.8) is 0 Å². The maximum Gasteiger partial charge on any atom is 0.318 e. The number of urea groups is 1. The molecule has 1 N–H and O–H groups in total. The third kappa shape index (κ3) is 3.38. The zero-order chi connectivity index (χ0) is 17.2. The molecule has 4 rings (SSSR count). The van der Waals surface area contributed by atoms with Gasteiger partial charge in [-0.25, -0.2) is 14.2 Å². The third-order valence-corrected chi connectivity index (χ3v) is 5.34. The zero-order valence-electron chi connectivity index (χ0n) is 14.2. The molecule has 0 bridgehead atoms. The normalized spacial score (nSPS) is 22.7. The van der Waals surface area contributed by atoms with E-state index >= 15 is 0 Å². The standard InChI is InChI=1S/C19H23FN4O/c20-15-6-7-17-14(11-15)3-1-5-18(17)22-19(25)24-9-2-4-16(24)12-23-10-8-21-13-23/h6-8,10-11,13,16,18H,1-5,9,12H2,(H,22,25)/t16-,18-/m0/s1. The Morgan fingerprint density at radius 3 is 3.08 bits per heavy atom. The highest BCUT2D eigenvalue weighted by Crippen LogP contribution is 2.31. The molecule has 2 amide bonds. The van der Waals surface area contributed by atoms with Crippen molar-refractivity contribution in [2.45, 2.75) is 50.7 Å². The number of rotatable bonds is 3. The number of carbonyl (C=O) groups is 1. The number of hydrogen-bond donors (Lipinski definition) is 1. The van der Waals surface area contributed by atoms with Gasteiger partial charge in [-0.2, -0.15) is 0 Å². The van der Waals surface area contributed by atoms with Crippen LogP contribution in [0.1, 0.15) is 42.9 Å². The lowest BCUT2D eigenvalue weighted by molar-refractivity contribution is 0.182. The predicted molar refractivity (Wildman–Crippen MR) is 92.6 cm³/mol. The molecule has 5 nitrogen and oxygen atoms in total. The van der Waals surface area contributed by atoms with Crippen LogP contribution in [0, 0.1) is 5.82 Å². The van der Waals surface area contributed by atoms with Crippen LogP contribution in [0.4, 0.5) is 9.18 Å². The average molecular weight is 342 g/mol. The lowest BCUT2D eigenvalue weighted by atomic mass is 9.87. The summed E-state index contributed by atoms with van der Waals surface area (Å²) < 4.78 is 15.5. The lowest BCUT2D eigenvalue weighted by Gasteiger charge is -2.31. The Labute approximate surface area is 146 Å². The molecule has 1 fully saturated rings. The van der Waals surface area contributed by atoms with E-state index in [0.29, 0.717) is 0 Å². The summed E-state index contributed by atoms with van der Waals surface area (Å²) in [5.74, 6) is -0.203. The van der Waals surface area contributed by atoms with Crippen molar-refractivity contribution in [2.24, 2.45) is 0 Å². The Balaban J connectivity index is 1.45. The van der Waals surface area contributed by atoms with Crippen LogP contribution < -0.4 is 5.32 Å². The van der Waals surface area contributed by atoms with Gasteiger partial charge in [-0.3, -0.25) is 0 Å². The molecule has 1 aliphatic heterocycles. The van der Waals surface area contributed by atoms with E-state index in [1.807, 2.05) is 21.7 Å². The fourth-order valence-corrected chi connectivity index (χ4v) is 4.10. The van der Waals surface area contributed by atoms with Gasteiger partial charge in [-0.15, -0.1) is 0 Å². The van der Waals surface area contributed by atoms with Crippen molar-refractivity contribution >= 4 is 6.03 Å². The topological polar surface area (TPSA) is 50.2 Å². The van der Waals surface area contributed by atoms with Gasteiger partial charge >= 0.3 is 6.03 Å². The summed E-state index contributed by atoms with van der Waals surface area (Å²) in [5, 5.41) is 3.19. The van der Waals surface area contributed by atoms with Crippen molar-refractivity contribution in [1.29, 1.82) is 0 Å². The first-order valence-electron chi connectivity index (χ1n) is 9.02. The molecule has 0 unspecified atom stereocenters. The molecule has 1 aromatic carbocycles. The molecule has 0 radical (unpaired) electrons. The number of likely N-dealkylation sites (tertiary alicyclic amines) is 1. The molecular weight excluding hydrogens is 319 g/mol. The first-order valence-corrected chi connectivity index (χ1v) is 9.02. The van der Waals surface area contributed by atoms with Crippen molar-refractivity contribution in [1.82, 2.24) is 19.8 Å². The molecule has 1 aromatic heterocycles. The number of halogens is 1. The number of hydrogen-bond acceptors (Lipinski definition) is 2. The van der Waals surface area contributed by atoms with Crippen molar-refractivity contribution < 1.29 is 9.18 Å². The monoisotopic (exact) mass is 342 g/mol. The summed E-state index contributed by atoms with van der Waals surface area (Å²) >= 11 is 0. The van der Waals surface area contributed by atoms with E-state index in [4.69, 9.17) is 0 Å². The predicted octanol–water partition coefficient (Wildman–Crippen LogP) is 3.27. The maximum atomic E-state index is 13.5. The van der Waals surface area contributed by atoms with Gasteiger partial charge in [0.2, 0.25) is 0 Å². The molecule has 132 valence electrons. The SMILES string of the molecule is O=C(N[C@H]1CCCc2cc(F)ccc21)N1CCC[C@H]1Cn1ccnc1. The molecule has 25 heavy (non-hydrogen) atoms. The van der Waals surface area contributed by atoms with E-state index in [-0.39, 0.29) is 23.9 Å². The highest BCUT2D eigenvalue weighted by Gasteiger charge is 2.31. The van der Waals surface area contributed by atoms with Crippen molar-refractivity contribution in [3.8, 4) is 0 Å². The Kier molecular flexibility index (Phi) is 4.42. The van der Waals surface area contributed by atoms with Gasteiger partial charge in [0.15, 0.2) is 0 Å². The van der Waals surface area contributed by atoms with E-state index in [0.717, 1.165) is 56.3 Å². The fraction of sp³-hybridized carbons (Fsp3) is 0.474. The summed E-state index contributed by atoms with van der Waals surface area (Å²) in [6.45, 7) is 1.56. The highest BCUT2D eigenvalue weighted by molar-refractivity contribution is 5.75. The van der Waals surface area contributed by atoms with E-state index in [1.54, 1.807) is 18.6 Å². The first kappa shape index (κ1) is 16.1. The Morgan fingerprint density at radius 1 is 1.32 bits per heavy atom. The number of aromatic nitrogens is 2. The fourth-order valence-electron chi connectivity index (χ4n) is 4.10. The summed E-state index contributed by atoms with van der Waals surface area (Å²) in [4.78, 5) is 18.9. The van der Waals surface area contributed by atoms with Crippen LogP contribution in [0.5, 0.6) is 0 Å². The quantitative estimate of drug-likeness (QED) is 0.931. The number of imidazole rings is 1. The minimum Gasteiger partial charge on any atom is -0.335 e. The zero-order valence-corrected chi connectivity index (χ0v) is 14.2. The van der Waals surface area contributed by atoms with Gasteiger partial charge in [0.25, 0.3) is 0 Å². The van der Waals surface area contributed by atoms with Gasteiger partial charge in [-0.05, 0) is 55.4 Å². The minimum atomic E-state index is -0.203. The van der Waals surface area contributed by atoms with E-state index in [9.17, 15) is 9.18 Å². The summed E-state index contributed by atoms with van der Waals surface area (Å²) in [5.41, 5.74) is 2.08. The van der Waals surface area contributed by atoms with Crippen molar-refractivity contribution in [2.75, 3.05) is 6.54 Å². The van der Waals surface area contributed by atoms with Gasteiger partial charge < -0.3 is 14.8 Å². The second-order valence-corrected chi connectivity index (χ2v) is 6.99. The van der Waals surface area contributed by atoms with Crippen molar-refractivity contribution in [3.05, 3.63) is 53.9 Å². The number of aryl methyl sites for hydroxylation is 1. The van der Waals surface area contributed by atoms with Crippen LogP contribution in [-0.4, -0.2) is 33.1 Å². The number of benzene rings is 1. The second kappa shape index (κ2) is 6.86. The average Bonchev–Trinajstić information content (AvgIpc) is 3.27. The number of amides is 2. The summed E-state index contributed by atoms with van der Waals surface area (Å²) in [7, 11) is 0. The molecule has 1 saturated heterocycles. The number of nitrogens with one attached hydrogen (secondary N) is 1. The lowest BCUT2D eigenvalue weighted by Crippen LogP contribution is -2.46. The number of fused-ring (bicyclic) bond motifs is 1. The van der Waals surface area contributed by atoms with Gasteiger partial charge in [-0.1, -0.05) is 6.07 Å². The van der Waals surface area contributed by atoms with Crippen LogP contribution in [-0.2, 0) is 13.0 Å². The molecule has 2 aromatic rings. The Bertz CT molecular complexity index is 746. The van der Waals surface area contributed by atoms with E-state index in [2.05, 4.69) is 10.3 Å². The first-order chi connectivity index (χ1) is 12.2. The molecular formula is C19H23FN4O. The molecule has 2 heterocycles. The minimum absolute atomic E-state index is 0.00945. The van der Waals surface area contributed by atoms with Crippen LogP contribution in [0.15, 0.2) is 36.9 Å². The highest BCUT2D eigenvalue weighted by atomic mass is 19.1. The maximum absolute atomic E-state index is 13.5. The van der Waals surface area contributed by atoms with Gasteiger partial charge in [0, 0.05) is 25.5 Å². The number of carbonyl (C=O) groups excluding carboxylic acids is 1. The molecule has 0 saturated carbocycles. The molecule has 6 heteroatoms. The Hall–Kier alpha value is -2.37.